The van der Waals surface area contributed by atoms with E-state index >= 15 is 0 Å². The Hall–Kier alpha value is -0.910. The van der Waals surface area contributed by atoms with Crippen LogP contribution in [0.25, 0.3) is 0 Å². The Kier molecular flexibility index (Phi) is 5.18. The minimum Gasteiger partial charge on any atom is -0.459 e. The second-order valence-electron chi connectivity index (χ2n) is 5.42. The predicted octanol–water partition coefficient (Wildman–Crippen LogP) is 3.40. The molecule has 1 saturated heterocycles. The summed E-state index contributed by atoms with van der Waals surface area (Å²) in [5.41, 5.74) is 0. The van der Waals surface area contributed by atoms with Gasteiger partial charge in [-0.1, -0.05) is 13.3 Å². The van der Waals surface area contributed by atoms with Crippen molar-refractivity contribution in [2.24, 2.45) is 0 Å². The fourth-order valence-corrected chi connectivity index (χ4v) is 3.00. The average molecular weight is 298 g/mol. The fraction of sp³-hybridized carbons (Fsp3) is 0.667. The van der Waals surface area contributed by atoms with E-state index in [-0.39, 0.29) is 18.7 Å². The van der Waals surface area contributed by atoms with E-state index in [9.17, 15) is 4.79 Å². The van der Waals surface area contributed by atoms with E-state index in [0.29, 0.717) is 11.5 Å². The van der Waals surface area contributed by atoms with Crippen LogP contribution in [-0.2, 0) is 20.6 Å². The summed E-state index contributed by atoms with van der Waals surface area (Å²) in [5.74, 6) is -0.848. The molecule has 1 fully saturated rings. The van der Waals surface area contributed by atoms with Gasteiger partial charge in [-0.2, -0.15) is 0 Å². The van der Waals surface area contributed by atoms with Crippen molar-refractivity contribution in [3.63, 3.8) is 0 Å². The third kappa shape index (κ3) is 4.30. The second-order valence-corrected chi connectivity index (χ2v) is 6.59. The molecule has 1 atom stereocenters. The van der Waals surface area contributed by atoms with E-state index in [2.05, 4.69) is 6.92 Å². The molecule has 0 amide bonds. The van der Waals surface area contributed by atoms with Gasteiger partial charge < -0.3 is 14.2 Å². The summed E-state index contributed by atoms with van der Waals surface area (Å²) in [4.78, 5) is 13.8. The highest BCUT2D eigenvalue weighted by Gasteiger charge is 2.33. The summed E-state index contributed by atoms with van der Waals surface area (Å²) >= 11 is 1.52. The Labute approximate surface area is 124 Å². The molecular weight excluding hydrogens is 276 g/mol. The molecule has 5 heteroatoms. The van der Waals surface area contributed by atoms with Crippen molar-refractivity contribution in [2.75, 3.05) is 13.2 Å². The molecule has 0 N–H and O–H groups in total. The van der Waals surface area contributed by atoms with Crippen molar-refractivity contribution < 1.29 is 19.0 Å². The third-order valence-corrected chi connectivity index (χ3v) is 4.23. The highest BCUT2D eigenvalue weighted by atomic mass is 32.1. The van der Waals surface area contributed by atoms with Crippen LogP contribution in [0.4, 0.5) is 0 Å². The number of unbranched alkanes of at least 4 members (excludes halogenated alkanes) is 1. The Bertz CT molecular complexity index is 452. The van der Waals surface area contributed by atoms with Gasteiger partial charge in [0.2, 0.25) is 0 Å². The van der Waals surface area contributed by atoms with Crippen molar-refractivity contribution in [1.29, 1.82) is 0 Å². The topological polar surface area (TPSA) is 44.8 Å². The van der Waals surface area contributed by atoms with Crippen LogP contribution < -0.4 is 0 Å². The fourth-order valence-electron chi connectivity index (χ4n) is 2.06. The summed E-state index contributed by atoms with van der Waals surface area (Å²) in [6.45, 7) is 6.58. The molecule has 0 spiro atoms. The Morgan fingerprint density at radius 3 is 2.95 bits per heavy atom. The van der Waals surface area contributed by atoms with E-state index in [0.717, 1.165) is 19.3 Å². The van der Waals surface area contributed by atoms with Gasteiger partial charge in [-0.05, 0) is 38.8 Å². The van der Waals surface area contributed by atoms with E-state index < -0.39 is 5.79 Å². The van der Waals surface area contributed by atoms with Gasteiger partial charge in [-0.15, -0.1) is 11.3 Å². The van der Waals surface area contributed by atoms with Crippen molar-refractivity contribution in [1.82, 2.24) is 0 Å². The zero-order valence-electron chi connectivity index (χ0n) is 12.3. The molecule has 1 aliphatic rings. The number of aryl methyl sites for hydroxylation is 1. The summed E-state index contributed by atoms with van der Waals surface area (Å²) in [6.07, 6.45) is 3.17. The van der Waals surface area contributed by atoms with Crippen LogP contribution in [0.3, 0.4) is 0 Å². The summed E-state index contributed by atoms with van der Waals surface area (Å²) < 4.78 is 16.3. The van der Waals surface area contributed by atoms with Crippen molar-refractivity contribution >= 4 is 17.3 Å². The van der Waals surface area contributed by atoms with Gasteiger partial charge in [0.15, 0.2) is 5.79 Å². The third-order valence-electron chi connectivity index (χ3n) is 3.11. The highest BCUT2D eigenvalue weighted by Crippen LogP contribution is 2.23. The predicted molar refractivity (Wildman–Crippen MR) is 78.1 cm³/mol. The van der Waals surface area contributed by atoms with Crippen molar-refractivity contribution in [3.8, 4) is 0 Å². The first kappa shape index (κ1) is 15.5. The van der Waals surface area contributed by atoms with Crippen molar-refractivity contribution in [2.45, 2.75) is 51.9 Å². The van der Waals surface area contributed by atoms with Crippen LogP contribution in [0.2, 0.25) is 0 Å². The minimum atomic E-state index is -0.576. The average Bonchev–Trinajstić information content (AvgIpc) is 3.00. The number of ether oxygens (including phenoxy) is 3. The molecule has 1 aromatic heterocycles. The molecule has 2 rings (SSSR count). The number of hydrogen-bond acceptors (Lipinski definition) is 5. The number of hydrogen-bond donors (Lipinski definition) is 0. The smallest absolute Gasteiger partial charge is 0.348 e. The van der Waals surface area contributed by atoms with E-state index in [4.69, 9.17) is 14.2 Å². The summed E-state index contributed by atoms with van der Waals surface area (Å²) in [7, 11) is 0. The molecule has 1 aliphatic heterocycles. The number of thiophene rings is 1. The molecule has 0 radical (unpaired) electrons. The zero-order valence-corrected chi connectivity index (χ0v) is 13.1. The van der Waals surface area contributed by atoms with Gasteiger partial charge in [0.25, 0.3) is 0 Å². The standard InChI is InChI=1S/C15H22O4S/c1-4-5-6-12-7-8-13(20-12)14(16)17-9-11-10-18-15(2,3)19-11/h7-8,11H,4-6,9-10H2,1-3H3. The molecule has 0 aliphatic carbocycles. The van der Waals surface area contributed by atoms with Crippen LogP contribution in [0.15, 0.2) is 12.1 Å². The molecule has 112 valence electrons. The Morgan fingerprint density at radius 1 is 1.50 bits per heavy atom. The SMILES string of the molecule is CCCCc1ccc(C(=O)OCC2COC(C)(C)O2)s1. The second kappa shape index (κ2) is 6.70. The molecule has 2 heterocycles. The maximum atomic E-state index is 11.9. The Balaban J connectivity index is 1.78. The van der Waals surface area contributed by atoms with Crippen LogP contribution in [0.5, 0.6) is 0 Å². The van der Waals surface area contributed by atoms with Crippen LogP contribution in [-0.4, -0.2) is 31.1 Å². The first-order valence-corrected chi connectivity index (χ1v) is 7.89. The lowest BCUT2D eigenvalue weighted by molar-refractivity contribution is -0.142. The van der Waals surface area contributed by atoms with Gasteiger partial charge >= 0.3 is 5.97 Å². The largest absolute Gasteiger partial charge is 0.459 e. The lowest BCUT2D eigenvalue weighted by Gasteiger charge is -2.16. The van der Waals surface area contributed by atoms with Gasteiger partial charge in [0, 0.05) is 4.88 Å². The van der Waals surface area contributed by atoms with Crippen molar-refractivity contribution in [3.05, 3.63) is 21.9 Å². The lowest BCUT2D eigenvalue weighted by Crippen LogP contribution is -2.25. The van der Waals surface area contributed by atoms with E-state index in [1.54, 1.807) is 0 Å². The molecule has 20 heavy (non-hydrogen) atoms. The molecule has 0 aromatic carbocycles. The van der Waals surface area contributed by atoms with Gasteiger partial charge in [0.1, 0.15) is 17.6 Å². The molecular formula is C15H22O4S. The van der Waals surface area contributed by atoms with Gasteiger partial charge in [-0.25, -0.2) is 4.79 Å². The minimum absolute atomic E-state index is 0.173. The first-order chi connectivity index (χ1) is 9.50. The number of carbonyl (C=O) groups excluding carboxylic acids is 1. The maximum absolute atomic E-state index is 11.9. The lowest BCUT2D eigenvalue weighted by atomic mass is 10.2. The molecule has 4 nitrogen and oxygen atoms in total. The van der Waals surface area contributed by atoms with Gasteiger partial charge in [0.05, 0.1) is 6.61 Å². The molecule has 0 saturated carbocycles. The van der Waals surface area contributed by atoms with Crippen LogP contribution in [0, 0.1) is 0 Å². The van der Waals surface area contributed by atoms with E-state index in [1.165, 1.54) is 16.2 Å². The normalized spacial score (nSPS) is 21.1. The number of carbonyl (C=O) groups is 1. The van der Waals surface area contributed by atoms with Crippen LogP contribution >= 0.6 is 11.3 Å². The summed E-state index contributed by atoms with van der Waals surface area (Å²) in [6, 6.07) is 3.85. The van der Waals surface area contributed by atoms with Gasteiger partial charge in [-0.3, -0.25) is 0 Å². The maximum Gasteiger partial charge on any atom is 0.348 e. The molecule has 1 unspecified atom stereocenters. The summed E-state index contributed by atoms with van der Waals surface area (Å²) in [5, 5.41) is 0. The zero-order chi connectivity index (χ0) is 14.6. The number of esters is 1. The highest BCUT2D eigenvalue weighted by molar-refractivity contribution is 7.13. The van der Waals surface area contributed by atoms with Crippen LogP contribution in [0.1, 0.15) is 48.2 Å². The molecule has 1 aromatic rings. The Morgan fingerprint density at radius 2 is 2.30 bits per heavy atom. The first-order valence-electron chi connectivity index (χ1n) is 7.08. The quantitative estimate of drug-likeness (QED) is 0.755. The van der Waals surface area contributed by atoms with E-state index in [1.807, 2.05) is 26.0 Å². The molecule has 0 bridgehead atoms. The number of rotatable bonds is 6. The monoisotopic (exact) mass is 298 g/mol.